The highest BCUT2D eigenvalue weighted by Gasteiger charge is 2.13. The highest BCUT2D eigenvalue weighted by molar-refractivity contribution is 5.79. The molecule has 2 N–H and O–H groups in total. The lowest BCUT2D eigenvalue weighted by atomic mass is 10.1. The van der Waals surface area contributed by atoms with E-state index in [0.29, 0.717) is 12.7 Å². The van der Waals surface area contributed by atoms with Crippen molar-refractivity contribution in [1.82, 2.24) is 15.2 Å². The lowest BCUT2D eigenvalue weighted by Gasteiger charge is -2.22. The van der Waals surface area contributed by atoms with Crippen LogP contribution in [-0.4, -0.2) is 43.4 Å². The molecule has 0 spiro atoms. The van der Waals surface area contributed by atoms with Crippen molar-refractivity contribution in [2.45, 2.75) is 38.6 Å². The van der Waals surface area contributed by atoms with Crippen molar-refractivity contribution in [3.05, 3.63) is 59.9 Å². The summed E-state index contributed by atoms with van der Waals surface area (Å²) in [4.78, 5) is 4.28. The maximum absolute atomic E-state index is 5.97. The fourth-order valence-electron chi connectivity index (χ4n) is 3.04. The maximum atomic E-state index is 5.97. The Hall–Kier alpha value is -2.31. The van der Waals surface area contributed by atoms with Gasteiger partial charge < -0.3 is 24.7 Å². The zero-order valence-corrected chi connectivity index (χ0v) is 16.1. The second-order valence-electron chi connectivity index (χ2n) is 6.71. The van der Waals surface area contributed by atoms with Crippen LogP contribution in [0.15, 0.2) is 53.8 Å². The number of ether oxygens (including phenoxy) is 2. The monoisotopic (exact) mass is 370 g/mol. The van der Waals surface area contributed by atoms with E-state index in [1.165, 1.54) is 11.1 Å². The van der Waals surface area contributed by atoms with Crippen molar-refractivity contribution in [2.75, 3.05) is 26.8 Å². The zero-order valence-electron chi connectivity index (χ0n) is 16.1. The molecule has 0 saturated carbocycles. The fourth-order valence-corrected chi connectivity index (χ4v) is 3.04. The van der Waals surface area contributed by atoms with Crippen LogP contribution < -0.4 is 10.6 Å². The normalized spacial score (nSPS) is 15.7. The number of nitrogens with one attached hydrogen (secondary N) is 2. The van der Waals surface area contributed by atoms with E-state index in [1.807, 2.05) is 12.1 Å². The lowest BCUT2D eigenvalue weighted by Crippen LogP contribution is -2.38. The van der Waals surface area contributed by atoms with Crippen LogP contribution >= 0.6 is 0 Å². The van der Waals surface area contributed by atoms with E-state index < -0.39 is 0 Å². The minimum atomic E-state index is 0.334. The third-order valence-electron chi connectivity index (χ3n) is 4.69. The predicted molar refractivity (Wildman–Crippen MR) is 108 cm³/mol. The maximum Gasteiger partial charge on any atom is 0.191 e. The number of hydrogen-bond donors (Lipinski definition) is 2. The summed E-state index contributed by atoms with van der Waals surface area (Å²) in [5.41, 5.74) is 2.43. The van der Waals surface area contributed by atoms with Crippen molar-refractivity contribution < 1.29 is 9.47 Å². The number of aliphatic imine (C=N–C) groups is 1. The van der Waals surface area contributed by atoms with E-state index in [-0.39, 0.29) is 0 Å². The average molecular weight is 370 g/mol. The molecule has 6 heteroatoms. The molecule has 146 valence electrons. The first-order valence-electron chi connectivity index (χ1n) is 9.66. The van der Waals surface area contributed by atoms with Gasteiger partial charge in [0.1, 0.15) is 0 Å². The predicted octanol–water partition coefficient (Wildman–Crippen LogP) is 2.55. The van der Waals surface area contributed by atoms with Crippen LogP contribution in [0.25, 0.3) is 0 Å². The van der Waals surface area contributed by atoms with Gasteiger partial charge in [-0.1, -0.05) is 24.3 Å². The van der Waals surface area contributed by atoms with Crippen LogP contribution in [0.3, 0.4) is 0 Å². The molecule has 6 nitrogen and oxygen atoms in total. The first-order chi connectivity index (χ1) is 13.3. The van der Waals surface area contributed by atoms with Gasteiger partial charge in [0.2, 0.25) is 0 Å². The quantitative estimate of drug-likeness (QED) is 0.554. The molecule has 0 radical (unpaired) electrons. The minimum Gasteiger partial charge on any atom is -0.381 e. The molecule has 1 aliphatic heterocycles. The lowest BCUT2D eigenvalue weighted by molar-refractivity contribution is -0.0390. The van der Waals surface area contributed by atoms with E-state index in [2.05, 4.69) is 56.9 Å². The number of benzene rings is 1. The molecule has 0 aliphatic carbocycles. The Bertz CT molecular complexity index is 677. The van der Waals surface area contributed by atoms with Gasteiger partial charge in [-0.05, 0) is 36.1 Å². The highest BCUT2D eigenvalue weighted by atomic mass is 16.5. The van der Waals surface area contributed by atoms with Crippen molar-refractivity contribution in [2.24, 2.45) is 4.99 Å². The first-order valence-corrected chi connectivity index (χ1v) is 9.66. The number of hydrogen-bond acceptors (Lipinski definition) is 3. The second-order valence-corrected chi connectivity index (χ2v) is 6.71. The van der Waals surface area contributed by atoms with E-state index in [1.54, 1.807) is 7.05 Å². The van der Waals surface area contributed by atoms with Gasteiger partial charge in [-0.15, -0.1) is 0 Å². The summed E-state index contributed by atoms with van der Waals surface area (Å²) in [7, 11) is 1.79. The Kier molecular flexibility index (Phi) is 7.74. The van der Waals surface area contributed by atoms with E-state index in [4.69, 9.17) is 9.47 Å². The molecule has 0 amide bonds. The molecule has 0 bridgehead atoms. The fraction of sp³-hybridized carbons (Fsp3) is 0.476. The van der Waals surface area contributed by atoms with Gasteiger partial charge in [-0.2, -0.15) is 0 Å². The van der Waals surface area contributed by atoms with Gasteiger partial charge in [0.15, 0.2) is 5.96 Å². The van der Waals surface area contributed by atoms with Crippen molar-refractivity contribution in [1.29, 1.82) is 0 Å². The third kappa shape index (κ3) is 6.73. The Labute approximate surface area is 161 Å². The van der Waals surface area contributed by atoms with Crippen LogP contribution in [0.4, 0.5) is 0 Å². The summed E-state index contributed by atoms with van der Waals surface area (Å²) in [5, 5.41) is 6.69. The van der Waals surface area contributed by atoms with Crippen LogP contribution in [-0.2, 0) is 29.2 Å². The summed E-state index contributed by atoms with van der Waals surface area (Å²) < 4.78 is 13.5. The first kappa shape index (κ1) is 19.5. The molecular weight excluding hydrogens is 340 g/mol. The molecular formula is C21H30N4O2. The summed E-state index contributed by atoms with van der Waals surface area (Å²) in [6, 6.07) is 12.6. The van der Waals surface area contributed by atoms with Crippen molar-refractivity contribution in [3.63, 3.8) is 0 Å². The van der Waals surface area contributed by atoms with Crippen LogP contribution in [0.5, 0.6) is 0 Å². The second kappa shape index (κ2) is 10.7. The van der Waals surface area contributed by atoms with E-state index in [0.717, 1.165) is 51.6 Å². The van der Waals surface area contributed by atoms with Crippen LogP contribution in [0.2, 0.25) is 0 Å². The van der Waals surface area contributed by atoms with E-state index >= 15 is 0 Å². The SMILES string of the molecule is CN=C(NCCn1cccc1)NCc1ccc(COC2CCOCC2)cc1. The van der Waals surface area contributed by atoms with Gasteiger partial charge in [0, 0.05) is 52.3 Å². The molecule has 1 saturated heterocycles. The number of aromatic nitrogens is 1. The van der Waals surface area contributed by atoms with Crippen molar-refractivity contribution in [3.8, 4) is 0 Å². The highest BCUT2D eigenvalue weighted by Crippen LogP contribution is 2.14. The topological polar surface area (TPSA) is 59.8 Å². The summed E-state index contributed by atoms with van der Waals surface area (Å²) >= 11 is 0. The van der Waals surface area contributed by atoms with Crippen LogP contribution in [0.1, 0.15) is 24.0 Å². The molecule has 27 heavy (non-hydrogen) atoms. The zero-order chi connectivity index (χ0) is 18.7. The molecule has 2 heterocycles. The third-order valence-corrected chi connectivity index (χ3v) is 4.69. The summed E-state index contributed by atoms with van der Waals surface area (Å²) in [6.45, 7) is 4.78. The average Bonchev–Trinajstić information content (AvgIpc) is 3.24. The standard InChI is InChI=1S/C21H30N4O2/c1-22-21(23-10-13-25-11-2-3-12-25)24-16-18-4-6-19(7-5-18)17-27-20-8-14-26-15-9-20/h2-7,11-12,20H,8-10,13-17H2,1H3,(H2,22,23,24). The molecule has 1 aromatic heterocycles. The minimum absolute atomic E-state index is 0.334. The molecule has 0 unspecified atom stereocenters. The van der Waals surface area contributed by atoms with E-state index in [9.17, 15) is 0 Å². The molecule has 1 aliphatic rings. The molecule has 2 aromatic rings. The smallest absolute Gasteiger partial charge is 0.191 e. The Balaban J connectivity index is 1.36. The largest absolute Gasteiger partial charge is 0.381 e. The van der Waals surface area contributed by atoms with Gasteiger partial charge in [0.25, 0.3) is 0 Å². The molecule has 1 fully saturated rings. The summed E-state index contributed by atoms with van der Waals surface area (Å²) in [6.07, 6.45) is 6.45. The number of nitrogens with zero attached hydrogens (tertiary/aromatic N) is 2. The van der Waals surface area contributed by atoms with Gasteiger partial charge in [0.05, 0.1) is 12.7 Å². The van der Waals surface area contributed by atoms with Crippen molar-refractivity contribution >= 4 is 5.96 Å². The van der Waals surface area contributed by atoms with Crippen LogP contribution in [0, 0.1) is 0 Å². The van der Waals surface area contributed by atoms with Gasteiger partial charge in [-0.3, -0.25) is 4.99 Å². The van der Waals surface area contributed by atoms with Gasteiger partial charge in [-0.25, -0.2) is 0 Å². The van der Waals surface area contributed by atoms with Gasteiger partial charge >= 0.3 is 0 Å². The molecule has 1 aromatic carbocycles. The summed E-state index contributed by atoms with van der Waals surface area (Å²) in [5.74, 6) is 0.814. The molecule has 3 rings (SSSR count). The molecule has 0 atom stereocenters. The number of rotatable bonds is 8. The Morgan fingerprint density at radius 1 is 1.11 bits per heavy atom. The Morgan fingerprint density at radius 2 is 1.81 bits per heavy atom. The Morgan fingerprint density at radius 3 is 2.52 bits per heavy atom. The number of guanidine groups is 1.